The minimum atomic E-state index is -4.91. The van der Waals surface area contributed by atoms with Gasteiger partial charge in [0.2, 0.25) is 17.7 Å². The molecule has 4 rings (SSSR count). The molecule has 1 fully saturated rings. The molecule has 2 aliphatic heterocycles. The van der Waals surface area contributed by atoms with Gasteiger partial charge in [-0.2, -0.15) is 8.42 Å². The van der Waals surface area contributed by atoms with Gasteiger partial charge in [0.25, 0.3) is 21.9 Å². The predicted octanol–water partition coefficient (Wildman–Crippen LogP) is 2.96. The number of carbonyl (C=O) groups is 6. The average Bonchev–Trinajstić information content (AvgIpc) is 3.38. The maximum Gasteiger partial charge on any atom is 0.533 e. The highest BCUT2D eigenvalue weighted by Crippen LogP contribution is 2.33. The average molecular weight is 749 g/mol. The Morgan fingerprint density at radius 3 is 2.36 bits per heavy atom. The zero-order valence-electron chi connectivity index (χ0n) is 27.0. The number of ether oxygens (including phenoxy) is 1. The topological polar surface area (TPSA) is 206 Å². The number of rotatable bonds is 15. The Labute approximate surface area is 296 Å². The third kappa shape index (κ3) is 10.8. The number of benzene rings is 2. The molecule has 2 heterocycles. The Morgan fingerprint density at radius 2 is 1.62 bits per heavy atom. The van der Waals surface area contributed by atoms with Gasteiger partial charge < -0.3 is 20.3 Å². The number of fused-ring (bicyclic) bond motifs is 2. The van der Waals surface area contributed by atoms with Gasteiger partial charge in [-0.3, -0.25) is 33.4 Å². The Hall–Kier alpha value is -4.39. The fraction of sp³-hybridized carbons (Fsp3) is 0.375. The molecule has 2 aromatic rings. The normalized spacial score (nSPS) is 15.8. The third-order valence-electron chi connectivity index (χ3n) is 7.50. The smallest absolute Gasteiger partial charge is 0.432 e. The van der Waals surface area contributed by atoms with Gasteiger partial charge in [0, 0.05) is 55.8 Å². The summed E-state index contributed by atoms with van der Waals surface area (Å²) in [5, 5.41) is 3.10. The van der Waals surface area contributed by atoms with Crippen LogP contribution in [0.3, 0.4) is 0 Å². The fourth-order valence-corrected chi connectivity index (χ4v) is 7.45. The molecule has 50 heavy (non-hydrogen) atoms. The van der Waals surface area contributed by atoms with Crippen molar-refractivity contribution in [3.63, 3.8) is 0 Å². The van der Waals surface area contributed by atoms with Crippen LogP contribution in [0.2, 0.25) is 0 Å². The van der Waals surface area contributed by atoms with Crippen LogP contribution in [-0.4, -0.2) is 90.2 Å². The predicted molar refractivity (Wildman–Crippen MR) is 187 cm³/mol. The van der Waals surface area contributed by atoms with Crippen LogP contribution in [0.25, 0.3) is 11.6 Å². The second-order valence-electron chi connectivity index (χ2n) is 11.0. The number of nitrogens with one attached hydrogen (secondary N) is 2. The molecule has 2 aliphatic rings. The molecular formula is C32H36N4O11S3. The van der Waals surface area contributed by atoms with Crippen molar-refractivity contribution in [2.45, 2.75) is 44.4 Å². The zero-order valence-corrected chi connectivity index (χ0v) is 29.4. The van der Waals surface area contributed by atoms with Crippen molar-refractivity contribution in [3.05, 3.63) is 65.2 Å². The highest BCUT2D eigenvalue weighted by Gasteiger charge is 2.34. The summed E-state index contributed by atoms with van der Waals surface area (Å²) in [6, 6.07) is 15.2. The minimum absolute atomic E-state index is 0.0399. The Bertz CT molecular complexity index is 1750. The Balaban J connectivity index is 1.18. The second kappa shape index (κ2) is 18.0. The van der Waals surface area contributed by atoms with Crippen LogP contribution in [0.15, 0.2) is 48.5 Å². The minimum Gasteiger partial charge on any atom is -0.432 e. The van der Waals surface area contributed by atoms with Gasteiger partial charge in [0.05, 0.1) is 12.2 Å². The molecule has 5 amide bonds. The molecule has 0 aliphatic carbocycles. The summed E-state index contributed by atoms with van der Waals surface area (Å²) in [7, 11) is -2.40. The first-order valence-electron chi connectivity index (χ1n) is 15.5. The van der Waals surface area contributed by atoms with Crippen molar-refractivity contribution < 1.29 is 51.3 Å². The molecule has 3 N–H and O–H groups in total. The second-order valence-corrected chi connectivity index (χ2v) is 15.3. The van der Waals surface area contributed by atoms with Crippen molar-refractivity contribution in [2.24, 2.45) is 0 Å². The van der Waals surface area contributed by atoms with Crippen LogP contribution in [0.1, 0.15) is 49.3 Å². The van der Waals surface area contributed by atoms with E-state index in [9.17, 15) is 41.7 Å². The standard InChI is InChI=1S/C32H36N4O11S3/c1-21-18-22-6-2-3-7-23(22)20-35(25-9-5-4-8-24(21)25)28(38)12-14-33-31(41)26(50(43,44)45)19-34-27(37)13-16-48-49-17-15-46-32(42)47-36-29(39)10-11-30(36)40/h2-9,18,26H,10-17,19-20H2,1H3,(H,33,41)(H,34,37)(H,43,44,45)/b21-18-. The lowest BCUT2D eigenvalue weighted by molar-refractivity contribution is -0.176. The van der Waals surface area contributed by atoms with E-state index in [2.05, 4.69) is 21.5 Å². The van der Waals surface area contributed by atoms with E-state index >= 15 is 0 Å². The largest absolute Gasteiger partial charge is 0.533 e. The number of hydrogen-bond donors (Lipinski definition) is 3. The lowest BCUT2D eigenvalue weighted by Crippen LogP contribution is -2.47. The fourth-order valence-electron chi connectivity index (χ4n) is 4.99. The maximum absolute atomic E-state index is 13.5. The van der Waals surface area contributed by atoms with E-state index in [-0.39, 0.29) is 57.0 Å². The molecule has 1 saturated heterocycles. The first kappa shape index (κ1) is 38.4. The molecule has 0 radical (unpaired) electrons. The van der Waals surface area contributed by atoms with Gasteiger partial charge in [0.1, 0.15) is 6.61 Å². The van der Waals surface area contributed by atoms with Crippen LogP contribution in [0.4, 0.5) is 10.5 Å². The van der Waals surface area contributed by atoms with Crippen LogP contribution >= 0.6 is 21.6 Å². The summed E-state index contributed by atoms with van der Waals surface area (Å²) < 4.78 is 38.5. The van der Waals surface area contributed by atoms with E-state index in [1.54, 1.807) is 4.90 Å². The highest BCUT2D eigenvalue weighted by atomic mass is 33.1. The summed E-state index contributed by atoms with van der Waals surface area (Å²) in [4.78, 5) is 79.2. The highest BCUT2D eigenvalue weighted by molar-refractivity contribution is 8.76. The van der Waals surface area contributed by atoms with Crippen molar-refractivity contribution in [2.75, 3.05) is 36.1 Å². The van der Waals surface area contributed by atoms with E-state index in [4.69, 9.17) is 4.74 Å². The summed E-state index contributed by atoms with van der Waals surface area (Å²) in [5.41, 5.74) is 4.45. The van der Waals surface area contributed by atoms with Crippen molar-refractivity contribution in [1.29, 1.82) is 0 Å². The lowest BCUT2D eigenvalue weighted by Gasteiger charge is -2.28. The molecule has 268 valence electrons. The molecule has 0 spiro atoms. The zero-order chi connectivity index (χ0) is 36.3. The van der Waals surface area contributed by atoms with Crippen LogP contribution in [0.5, 0.6) is 0 Å². The SMILES string of the molecule is C/C1=C/c2ccccc2CN(C(=O)CCNC(=O)C(CNC(=O)CCSSCCOC(=O)ON2C(=O)CCC2=O)S(=O)(=O)O)c2ccccc21. The Morgan fingerprint density at radius 1 is 0.940 bits per heavy atom. The molecule has 0 bridgehead atoms. The molecule has 15 nitrogen and oxygen atoms in total. The van der Waals surface area contributed by atoms with Gasteiger partial charge in [-0.15, -0.1) is 0 Å². The first-order chi connectivity index (χ1) is 23.8. The van der Waals surface area contributed by atoms with Crippen molar-refractivity contribution in [1.82, 2.24) is 15.7 Å². The number of nitrogens with zero attached hydrogens (tertiary/aromatic N) is 2. The van der Waals surface area contributed by atoms with Crippen molar-refractivity contribution >= 4 is 84.7 Å². The van der Waals surface area contributed by atoms with Crippen LogP contribution in [0, 0.1) is 0 Å². The Kier molecular flexibility index (Phi) is 13.8. The number of hydrogen-bond acceptors (Lipinski definition) is 12. The first-order valence-corrected chi connectivity index (χ1v) is 19.5. The number of imide groups is 1. The van der Waals surface area contributed by atoms with Gasteiger partial charge >= 0.3 is 6.16 Å². The number of amides is 5. The quantitative estimate of drug-likeness (QED) is 0.0789. The van der Waals surface area contributed by atoms with E-state index in [1.165, 1.54) is 21.6 Å². The van der Waals surface area contributed by atoms with E-state index in [1.807, 2.05) is 55.5 Å². The molecule has 1 unspecified atom stereocenters. The summed E-state index contributed by atoms with van der Waals surface area (Å²) >= 11 is 0. The molecular weight excluding hydrogens is 713 g/mol. The summed E-state index contributed by atoms with van der Waals surface area (Å²) in [6.07, 6.45) is 0.580. The number of hydroxylamine groups is 2. The number of allylic oxidation sites excluding steroid dienone is 1. The summed E-state index contributed by atoms with van der Waals surface area (Å²) in [5.74, 6) is -2.63. The summed E-state index contributed by atoms with van der Waals surface area (Å²) in [6.45, 7) is 1.26. The van der Waals surface area contributed by atoms with Gasteiger partial charge in [0.15, 0.2) is 5.25 Å². The maximum atomic E-state index is 13.5. The van der Waals surface area contributed by atoms with Crippen LogP contribution in [-0.2, 0) is 50.2 Å². The molecule has 2 aromatic carbocycles. The van der Waals surface area contributed by atoms with Crippen molar-refractivity contribution in [3.8, 4) is 0 Å². The van der Waals surface area contributed by atoms with E-state index in [0.717, 1.165) is 22.3 Å². The monoisotopic (exact) mass is 748 g/mol. The molecule has 1 atom stereocenters. The number of para-hydroxylation sites is 1. The van der Waals surface area contributed by atoms with Gasteiger partial charge in [-0.1, -0.05) is 75.2 Å². The third-order valence-corrected chi connectivity index (χ3v) is 11.0. The van der Waals surface area contributed by atoms with Gasteiger partial charge in [-0.25, -0.2) is 4.79 Å². The number of carbonyl (C=O) groups excluding carboxylic acids is 6. The van der Waals surface area contributed by atoms with E-state index < -0.39 is 51.7 Å². The number of anilines is 1. The molecule has 0 aromatic heterocycles. The lowest BCUT2D eigenvalue weighted by atomic mass is 9.96. The molecule has 18 heteroatoms. The van der Waals surface area contributed by atoms with E-state index in [0.29, 0.717) is 16.5 Å². The van der Waals surface area contributed by atoms with Gasteiger partial charge in [-0.05, 0) is 29.7 Å². The van der Waals surface area contributed by atoms with Crippen LogP contribution < -0.4 is 15.5 Å². The molecule has 0 saturated carbocycles.